The molecule has 11 heteroatoms. The zero-order valence-corrected chi connectivity index (χ0v) is 24.8. The molecule has 2 aromatic carbocycles. The van der Waals surface area contributed by atoms with Gasteiger partial charge in [-0.05, 0) is 50.2 Å². The van der Waals surface area contributed by atoms with Crippen LogP contribution in [0, 0.1) is 24.0 Å². The summed E-state index contributed by atoms with van der Waals surface area (Å²) in [6.07, 6.45) is 9.10. The van der Waals surface area contributed by atoms with Crippen LogP contribution in [-0.2, 0) is 0 Å². The van der Waals surface area contributed by atoms with Gasteiger partial charge in [-0.2, -0.15) is 9.97 Å². The molecule has 0 aliphatic carbocycles. The second kappa shape index (κ2) is 11.0. The number of terminal acetylenes is 1. The number of benzene rings is 2. The fraction of sp³-hybridized carbons (Fsp3) is 0.441. The van der Waals surface area contributed by atoms with Crippen molar-refractivity contribution in [3.63, 3.8) is 0 Å². The molecule has 3 fully saturated rings. The van der Waals surface area contributed by atoms with Crippen molar-refractivity contribution in [1.29, 1.82) is 0 Å². The van der Waals surface area contributed by atoms with Crippen LogP contribution in [0.15, 0.2) is 30.3 Å². The lowest BCUT2D eigenvalue weighted by Gasteiger charge is -2.31. The Morgan fingerprint density at radius 2 is 2.02 bits per heavy atom. The zero-order chi connectivity index (χ0) is 30.7. The van der Waals surface area contributed by atoms with Gasteiger partial charge in [0.1, 0.15) is 47.6 Å². The molecule has 6 heterocycles. The van der Waals surface area contributed by atoms with Gasteiger partial charge in [0.15, 0.2) is 5.82 Å². The molecule has 4 aromatic rings. The quantitative estimate of drug-likeness (QED) is 0.304. The number of hydrogen-bond donors (Lipinski definition) is 1. The van der Waals surface area contributed by atoms with Crippen molar-refractivity contribution >= 4 is 27.5 Å². The van der Waals surface area contributed by atoms with E-state index in [0.717, 1.165) is 38.8 Å². The maximum Gasteiger partial charge on any atom is 0.319 e. The number of halogens is 3. The molecule has 4 aliphatic heterocycles. The third-order valence-electron chi connectivity index (χ3n) is 9.84. The van der Waals surface area contributed by atoms with Gasteiger partial charge in [0.25, 0.3) is 0 Å². The van der Waals surface area contributed by atoms with Crippen molar-refractivity contribution in [1.82, 2.24) is 25.2 Å². The first-order chi connectivity index (χ1) is 21.9. The van der Waals surface area contributed by atoms with E-state index in [-0.39, 0.29) is 41.3 Å². The predicted molar refractivity (Wildman–Crippen MR) is 165 cm³/mol. The summed E-state index contributed by atoms with van der Waals surface area (Å²) < 4.78 is 58.7. The van der Waals surface area contributed by atoms with Crippen LogP contribution in [0.4, 0.5) is 19.0 Å². The number of alkyl halides is 1. The largest absolute Gasteiger partial charge is 0.475 e. The van der Waals surface area contributed by atoms with Crippen molar-refractivity contribution in [2.75, 3.05) is 50.8 Å². The molecule has 0 spiro atoms. The molecule has 3 saturated heterocycles. The van der Waals surface area contributed by atoms with E-state index in [2.05, 4.69) is 31.0 Å². The summed E-state index contributed by atoms with van der Waals surface area (Å²) in [5.74, 6) is 1.82. The molecule has 0 amide bonds. The number of aromatic nitrogens is 3. The number of nitrogens with zero attached hydrogens (tertiary/aromatic N) is 5. The van der Waals surface area contributed by atoms with Crippen molar-refractivity contribution in [3.05, 3.63) is 47.5 Å². The highest BCUT2D eigenvalue weighted by molar-refractivity contribution is 6.03. The second-order valence-electron chi connectivity index (χ2n) is 12.6. The fourth-order valence-electron chi connectivity index (χ4n) is 7.73. The number of rotatable bonds is 6. The van der Waals surface area contributed by atoms with Crippen molar-refractivity contribution in [3.8, 4) is 35.5 Å². The first kappa shape index (κ1) is 28.3. The molecule has 4 aliphatic rings. The Morgan fingerprint density at radius 3 is 2.87 bits per heavy atom. The number of pyridine rings is 1. The van der Waals surface area contributed by atoms with Gasteiger partial charge < -0.3 is 19.7 Å². The lowest BCUT2D eigenvalue weighted by molar-refractivity contribution is 0.107. The Kier molecular flexibility index (Phi) is 6.95. The number of fused-ring (bicyclic) bond motifs is 2. The Morgan fingerprint density at radius 1 is 1.11 bits per heavy atom. The van der Waals surface area contributed by atoms with Crippen LogP contribution in [0.1, 0.15) is 37.7 Å². The SMILES string of the molecule is C#Cc1c(F)ccc2cccc(-c3nc4c5c(nc(OC[C@@]67CCCN6C[C@H](F)C7)nc5c3F)N(C[C@@H]3CCCN3)CCO4)c12. The van der Waals surface area contributed by atoms with Crippen LogP contribution in [0.2, 0.25) is 0 Å². The minimum absolute atomic E-state index is 0.00693. The molecule has 2 aromatic heterocycles. The van der Waals surface area contributed by atoms with Crippen molar-refractivity contribution in [2.24, 2.45) is 0 Å². The smallest absolute Gasteiger partial charge is 0.319 e. The minimum atomic E-state index is -0.908. The maximum atomic E-state index is 16.9. The topological polar surface area (TPSA) is 75.6 Å². The van der Waals surface area contributed by atoms with Crippen LogP contribution < -0.4 is 19.7 Å². The summed E-state index contributed by atoms with van der Waals surface area (Å²) in [5.41, 5.74) is -0.120. The van der Waals surface area contributed by atoms with E-state index in [0.29, 0.717) is 60.2 Å². The van der Waals surface area contributed by atoms with Gasteiger partial charge in [0, 0.05) is 36.5 Å². The van der Waals surface area contributed by atoms with Crippen LogP contribution in [0.25, 0.3) is 32.9 Å². The third-order valence-corrected chi connectivity index (χ3v) is 9.84. The van der Waals surface area contributed by atoms with Gasteiger partial charge >= 0.3 is 6.01 Å². The monoisotopic (exact) mass is 614 g/mol. The van der Waals surface area contributed by atoms with E-state index < -0.39 is 23.3 Å². The summed E-state index contributed by atoms with van der Waals surface area (Å²) in [6, 6.07) is 8.39. The van der Waals surface area contributed by atoms with E-state index in [1.807, 2.05) is 0 Å². The Labute approximate surface area is 258 Å². The van der Waals surface area contributed by atoms with Gasteiger partial charge in [-0.25, -0.2) is 18.2 Å². The van der Waals surface area contributed by atoms with E-state index in [1.54, 1.807) is 24.3 Å². The fourth-order valence-corrected chi connectivity index (χ4v) is 7.73. The molecule has 3 atom stereocenters. The number of hydrogen-bond acceptors (Lipinski definition) is 8. The summed E-state index contributed by atoms with van der Waals surface area (Å²) in [7, 11) is 0. The summed E-state index contributed by atoms with van der Waals surface area (Å²) >= 11 is 0. The highest BCUT2D eigenvalue weighted by Crippen LogP contribution is 2.43. The van der Waals surface area contributed by atoms with Crippen LogP contribution in [0.5, 0.6) is 11.9 Å². The average molecular weight is 615 g/mol. The highest BCUT2D eigenvalue weighted by Gasteiger charge is 2.49. The number of nitrogens with one attached hydrogen (secondary N) is 1. The lowest BCUT2D eigenvalue weighted by atomic mass is 9.95. The Hall–Kier alpha value is -4.14. The molecule has 232 valence electrons. The van der Waals surface area contributed by atoms with Gasteiger partial charge in [-0.1, -0.05) is 30.2 Å². The van der Waals surface area contributed by atoms with Gasteiger partial charge in [-0.3, -0.25) is 4.90 Å². The number of anilines is 1. The summed E-state index contributed by atoms with van der Waals surface area (Å²) in [4.78, 5) is 18.3. The van der Waals surface area contributed by atoms with Crippen LogP contribution >= 0.6 is 0 Å². The molecular weight excluding hydrogens is 581 g/mol. The molecule has 0 unspecified atom stereocenters. The zero-order valence-electron chi connectivity index (χ0n) is 24.8. The molecule has 0 saturated carbocycles. The Bertz CT molecular complexity index is 1860. The van der Waals surface area contributed by atoms with Gasteiger partial charge in [-0.15, -0.1) is 6.42 Å². The summed E-state index contributed by atoms with van der Waals surface area (Å²) in [6.45, 7) is 3.81. The first-order valence-electron chi connectivity index (χ1n) is 15.7. The molecule has 1 N–H and O–H groups in total. The highest BCUT2D eigenvalue weighted by atomic mass is 19.1. The molecule has 8 rings (SSSR count). The first-order valence-corrected chi connectivity index (χ1v) is 15.7. The second-order valence-corrected chi connectivity index (χ2v) is 12.6. The van der Waals surface area contributed by atoms with E-state index in [4.69, 9.17) is 20.9 Å². The number of ether oxygens (including phenoxy) is 2. The van der Waals surface area contributed by atoms with E-state index in [9.17, 15) is 8.78 Å². The van der Waals surface area contributed by atoms with E-state index >= 15 is 4.39 Å². The lowest BCUT2D eigenvalue weighted by Crippen LogP contribution is -2.43. The molecular formula is C34H33F3N6O2. The van der Waals surface area contributed by atoms with Crippen LogP contribution in [-0.4, -0.2) is 83.5 Å². The maximum absolute atomic E-state index is 16.9. The Balaban J connectivity index is 1.29. The third kappa shape index (κ3) is 4.73. The normalized spacial score (nSPS) is 24.5. The molecule has 0 bridgehead atoms. The molecule has 45 heavy (non-hydrogen) atoms. The molecule has 0 radical (unpaired) electrons. The van der Waals surface area contributed by atoms with Crippen molar-refractivity contribution < 1.29 is 22.6 Å². The van der Waals surface area contributed by atoms with E-state index in [1.165, 1.54) is 6.07 Å². The minimum Gasteiger partial charge on any atom is -0.475 e. The van der Waals surface area contributed by atoms with Gasteiger partial charge in [0.2, 0.25) is 5.88 Å². The summed E-state index contributed by atoms with van der Waals surface area (Å²) in [5, 5.41) is 4.92. The average Bonchev–Trinajstić information content (AvgIpc) is 3.73. The molecule has 8 nitrogen and oxygen atoms in total. The van der Waals surface area contributed by atoms with Crippen LogP contribution in [0.3, 0.4) is 0 Å². The van der Waals surface area contributed by atoms with Gasteiger partial charge in [0.05, 0.1) is 17.6 Å². The predicted octanol–water partition coefficient (Wildman–Crippen LogP) is 5.01. The standard InChI is InChI=1S/C34H33F3N6O2/c1-2-23-25(36)10-9-20-6-3-8-24(26(20)23)29-28(37)30-27-31(42(14-15-44-32(27)39-29)18-22-7-4-12-38-22)41-33(40-30)45-19-34-11-5-13-43(34)17-21(35)16-34/h1,3,6,8-10,21-22,38H,4-5,7,11-19H2/t21-,22+,34+/m1/s1. The van der Waals surface area contributed by atoms with Crippen molar-refractivity contribution in [2.45, 2.75) is 49.9 Å².